The van der Waals surface area contributed by atoms with Crippen LogP contribution in [0, 0.1) is 5.92 Å². The van der Waals surface area contributed by atoms with Gasteiger partial charge in [0.15, 0.2) is 0 Å². The van der Waals surface area contributed by atoms with Crippen molar-refractivity contribution in [1.29, 1.82) is 0 Å². The van der Waals surface area contributed by atoms with Gasteiger partial charge in [0.05, 0.1) is 5.56 Å². The van der Waals surface area contributed by atoms with Crippen LogP contribution in [0.2, 0.25) is 0 Å². The first kappa shape index (κ1) is 16.8. The zero-order chi connectivity index (χ0) is 16.1. The first-order valence-corrected chi connectivity index (χ1v) is 8.72. The number of hydrogen-bond acceptors (Lipinski definition) is 4. The number of nitrogens with one attached hydrogen (secondary N) is 2. The lowest BCUT2D eigenvalue weighted by molar-refractivity contribution is -0.141. The van der Waals surface area contributed by atoms with Crippen molar-refractivity contribution in [2.24, 2.45) is 5.92 Å². The summed E-state index contributed by atoms with van der Waals surface area (Å²) in [6.07, 6.45) is 5.86. The predicted molar refractivity (Wildman–Crippen MR) is 88.7 cm³/mol. The Morgan fingerprint density at radius 2 is 2.05 bits per heavy atom. The maximum Gasteiger partial charge on any atom is 0.326 e. The van der Waals surface area contributed by atoms with Crippen LogP contribution >= 0.6 is 11.3 Å². The van der Waals surface area contributed by atoms with Crippen molar-refractivity contribution in [3.63, 3.8) is 0 Å². The summed E-state index contributed by atoms with van der Waals surface area (Å²) < 4.78 is 0. The molecule has 1 unspecified atom stereocenters. The van der Waals surface area contributed by atoms with E-state index in [4.69, 9.17) is 0 Å². The Balaban J connectivity index is 2.13. The molecule has 0 aromatic carbocycles. The maximum absolute atomic E-state index is 12.5. The van der Waals surface area contributed by atoms with Gasteiger partial charge < -0.3 is 15.7 Å². The van der Waals surface area contributed by atoms with Gasteiger partial charge in [0.1, 0.15) is 11.0 Å². The minimum atomic E-state index is -0.933. The van der Waals surface area contributed by atoms with Crippen molar-refractivity contribution in [2.75, 3.05) is 12.4 Å². The summed E-state index contributed by atoms with van der Waals surface area (Å²) in [5, 5.41) is 16.0. The van der Waals surface area contributed by atoms with E-state index < -0.39 is 12.0 Å². The number of carbonyl (C=O) groups is 2. The summed E-state index contributed by atoms with van der Waals surface area (Å²) in [5.41, 5.74) is 0.548. The monoisotopic (exact) mass is 324 g/mol. The molecule has 3 N–H and O–H groups in total. The fourth-order valence-corrected chi connectivity index (χ4v) is 3.99. The Labute approximate surface area is 135 Å². The van der Waals surface area contributed by atoms with Crippen LogP contribution in [0.25, 0.3) is 0 Å². The average Bonchev–Trinajstić information content (AvgIpc) is 2.96. The van der Waals surface area contributed by atoms with E-state index >= 15 is 0 Å². The first-order valence-electron chi connectivity index (χ1n) is 7.91. The molecule has 0 bridgehead atoms. The molecule has 22 heavy (non-hydrogen) atoms. The van der Waals surface area contributed by atoms with E-state index in [9.17, 15) is 14.7 Å². The van der Waals surface area contributed by atoms with Crippen LogP contribution < -0.4 is 10.6 Å². The summed E-state index contributed by atoms with van der Waals surface area (Å²) in [7, 11) is 1.78. The van der Waals surface area contributed by atoms with Crippen molar-refractivity contribution in [2.45, 2.75) is 51.5 Å². The lowest BCUT2D eigenvalue weighted by atomic mass is 9.84. The normalized spacial score (nSPS) is 17.0. The zero-order valence-electron chi connectivity index (χ0n) is 13.1. The largest absolute Gasteiger partial charge is 0.480 e. The van der Waals surface area contributed by atoms with Gasteiger partial charge in [-0.25, -0.2) is 4.79 Å². The molecular weight excluding hydrogens is 300 g/mol. The van der Waals surface area contributed by atoms with Gasteiger partial charge in [0.25, 0.3) is 5.91 Å². The number of amides is 1. The molecule has 1 atom stereocenters. The van der Waals surface area contributed by atoms with Gasteiger partial charge in [-0.05, 0) is 31.2 Å². The highest BCUT2D eigenvalue weighted by molar-refractivity contribution is 7.16. The highest BCUT2D eigenvalue weighted by Gasteiger charge is 2.31. The first-order chi connectivity index (χ1) is 10.6. The Bertz CT molecular complexity index is 535. The number of rotatable bonds is 6. The Hall–Kier alpha value is -1.56. The Kier molecular flexibility index (Phi) is 5.83. The molecule has 1 saturated carbocycles. The topological polar surface area (TPSA) is 78.4 Å². The number of hydrogen-bond donors (Lipinski definition) is 3. The minimum absolute atomic E-state index is 0.0394. The van der Waals surface area contributed by atoms with E-state index in [0.717, 1.165) is 48.4 Å². The average molecular weight is 324 g/mol. The third kappa shape index (κ3) is 3.80. The summed E-state index contributed by atoms with van der Waals surface area (Å²) in [5.74, 6) is -1.19. The highest BCUT2D eigenvalue weighted by atomic mass is 32.1. The molecule has 2 rings (SSSR count). The number of carbonyl (C=O) groups excluding carboxylic acids is 1. The van der Waals surface area contributed by atoms with E-state index in [-0.39, 0.29) is 11.8 Å². The summed E-state index contributed by atoms with van der Waals surface area (Å²) in [6.45, 7) is 2.04. The minimum Gasteiger partial charge on any atom is -0.480 e. The van der Waals surface area contributed by atoms with Crippen molar-refractivity contribution in [3.8, 4) is 0 Å². The smallest absolute Gasteiger partial charge is 0.326 e. The fraction of sp³-hybridized carbons (Fsp3) is 0.625. The molecule has 1 aliphatic carbocycles. The molecule has 6 heteroatoms. The summed E-state index contributed by atoms with van der Waals surface area (Å²) >= 11 is 1.54. The second-order valence-electron chi connectivity index (χ2n) is 5.75. The number of aryl methyl sites for hydroxylation is 1. The molecule has 0 radical (unpaired) electrons. The Morgan fingerprint density at radius 3 is 2.59 bits per heavy atom. The van der Waals surface area contributed by atoms with Crippen LogP contribution in [0.15, 0.2) is 6.07 Å². The number of thiophene rings is 1. The molecule has 1 heterocycles. The van der Waals surface area contributed by atoms with Gasteiger partial charge in [-0.1, -0.05) is 26.2 Å². The van der Waals surface area contributed by atoms with E-state index in [1.54, 1.807) is 7.05 Å². The fourth-order valence-electron chi connectivity index (χ4n) is 3.04. The summed E-state index contributed by atoms with van der Waals surface area (Å²) in [4.78, 5) is 25.2. The van der Waals surface area contributed by atoms with Crippen LogP contribution in [-0.2, 0) is 11.2 Å². The zero-order valence-corrected chi connectivity index (χ0v) is 14.0. The highest BCUT2D eigenvalue weighted by Crippen LogP contribution is 2.30. The molecule has 0 spiro atoms. The van der Waals surface area contributed by atoms with Crippen molar-refractivity contribution in [1.82, 2.24) is 5.32 Å². The second-order valence-corrected chi connectivity index (χ2v) is 6.88. The summed E-state index contributed by atoms with van der Waals surface area (Å²) in [6, 6.07) is 1.06. The molecule has 1 aromatic rings. The lowest BCUT2D eigenvalue weighted by Crippen LogP contribution is -2.46. The second kappa shape index (κ2) is 7.63. The Morgan fingerprint density at radius 1 is 1.36 bits per heavy atom. The van der Waals surface area contributed by atoms with Gasteiger partial charge in [-0.15, -0.1) is 11.3 Å². The molecule has 5 nitrogen and oxygen atoms in total. The molecule has 0 aliphatic heterocycles. The predicted octanol–water partition coefficient (Wildman–Crippen LogP) is 3.12. The van der Waals surface area contributed by atoms with Crippen molar-refractivity contribution in [3.05, 3.63) is 16.5 Å². The molecule has 1 aliphatic rings. The number of anilines is 1. The number of aliphatic carboxylic acids is 1. The SMILES string of the molecule is CCc1cc(C(=O)NC(C(=O)O)C2CCCCC2)c(NC)s1. The van der Waals surface area contributed by atoms with Gasteiger partial charge in [-0.3, -0.25) is 4.79 Å². The molecule has 1 aromatic heterocycles. The van der Waals surface area contributed by atoms with Gasteiger partial charge >= 0.3 is 5.97 Å². The number of carboxylic acids is 1. The molecule has 1 amide bonds. The van der Waals surface area contributed by atoms with E-state index in [1.165, 1.54) is 11.3 Å². The standard InChI is InChI=1S/C16H24N2O3S/c1-3-11-9-12(15(17-2)22-11)14(19)18-13(16(20)21)10-7-5-4-6-8-10/h9-10,13,17H,3-8H2,1-2H3,(H,18,19)(H,20,21). The van der Waals surface area contributed by atoms with Crippen LogP contribution in [-0.4, -0.2) is 30.1 Å². The third-order valence-electron chi connectivity index (χ3n) is 4.28. The third-order valence-corrected chi connectivity index (χ3v) is 5.57. The van der Waals surface area contributed by atoms with Gasteiger partial charge in [-0.2, -0.15) is 0 Å². The van der Waals surface area contributed by atoms with Crippen LogP contribution in [0.1, 0.15) is 54.3 Å². The van der Waals surface area contributed by atoms with Crippen molar-refractivity contribution >= 4 is 28.2 Å². The van der Waals surface area contributed by atoms with Crippen molar-refractivity contribution < 1.29 is 14.7 Å². The maximum atomic E-state index is 12.5. The van der Waals surface area contributed by atoms with Crippen LogP contribution in [0.3, 0.4) is 0 Å². The van der Waals surface area contributed by atoms with E-state index in [1.807, 2.05) is 13.0 Å². The lowest BCUT2D eigenvalue weighted by Gasteiger charge is -2.28. The van der Waals surface area contributed by atoms with Gasteiger partial charge in [0.2, 0.25) is 0 Å². The van der Waals surface area contributed by atoms with Gasteiger partial charge in [0, 0.05) is 11.9 Å². The van der Waals surface area contributed by atoms with Crippen LogP contribution in [0.4, 0.5) is 5.00 Å². The van der Waals surface area contributed by atoms with E-state index in [2.05, 4.69) is 10.6 Å². The molecule has 1 fully saturated rings. The number of carboxylic acid groups (broad SMARTS) is 1. The molecule has 122 valence electrons. The molecule has 0 saturated heterocycles. The molecular formula is C16H24N2O3S. The van der Waals surface area contributed by atoms with Crippen LogP contribution in [0.5, 0.6) is 0 Å². The quantitative estimate of drug-likeness (QED) is 0.751. The van der Waals surface area contributed by atoms with E-state index in [0.29, 0.717) is 5.56 Å².